The van der Waals surface area contributed by atoms with Crippen LogP contribution in [0.15, 0.2) is 24.3 Å². The van der Waals surface area contributed by atoms with Gasteiger partial charge in [-0.15, -0.1) is 12.6 Å². The fourth-order valence-corrected chi connectivity index (χ4v) is 0.883. The molecule has 0 bridgehead atoms. The Hall–Kier alpha value is -0.960. The summed E-state index contributed by atoms with van der Waals surface area (Å²) in [4.78, 5) is 10.7. The van der Waals surface area contributed by atoms with E-state index < -0.39 is 0 Å². The fourth-order valence-electron chi connectivity index (χ4n) is 0.734. The van der Waals surface area contributed by atoms with E-state index in [1.165, 1.54) is 0 Å². The summed E-state index contributed by atoms with van der Waals surface area (Å²) in [5, 5.41) is -0.229. The van der Waals surface area contributed by atoms with Crippen molar-refractivity contribution in [3.05, 3.63) is 29.8 Å². The van der Waals surface area contributed by atoms with Gasteiger partial charge in [0, 0.05) is 5.56 Å². The summed E-state index contributed by atoms with van der Waals surface area (Å²) < 4.78 is 4.91. The predicted molar refractivity (Wildman–Crippen MR) is 46.3 cm³/mol. The molecule has 0 N–H and O–H groups in total. The van der Waals surface area contributed by atoms with E-state index in [-0.39, 0.29) is 5.12 Å². The molecule has 11 heavy (non-hydrogen) atoms. The van der Waals surface area contributed by atoms with Crippen LogP contribution in [0, 0.1) is 0 Å². The molecule has 0 saturated heterocycles. The Labute approximate surface area is 70.6 Å². The second-order valence-electron chi connectivity index (χ2n) is 2.03. The van der Waals surface area contributed by atoms with Crippen molar-refractivity contribution in [3.63, 3.8) is 0 Å². The van der Waals surface area contributed by atoms with E-state index in [0.29, 0.717) is 5.56 Å². The second kappa shape index (κ2) is 3.44. The van der Waals surface area contributed by atoms with Crippen molar-refractivity contribution in [1.82, 2.24) is 0 Å². The zero-order valence-corrected chi connectivity index (χ0v) is 6.97. The third kappa shape index (κ3) is 1.98. The van der Waals surface area contributed by atoms with Crippen LogP contribution in [0.3, 0.4) is 0 Å². The highest BCUT2D eigenvalue weighted by atomic mass is 32.1. The molecule has 0 aliphatic rings. The number of methoxy groups -OCH3 is 1. The van der Waals surface area contributed by atoms with Crippen LogP contribution in [0.25, 0.3) is 0 Å². The molecule has 0 unspecified atom stereocenters. The Bertz CT molecular complexity index is 253. The molecule has 1 aromatic carbocycles. The van der Waals surface area contributed by atoms with Crippen LogP contribution in [0.1, 0.15) is 10.4 Å². The number of rotatable bonds is 2. The number of hydrogen-bond donors (Lipinski definition) is 1. The maximum absolute atomic E-state index is 10.7. The van der Waals surface area contributed by atoms with Crippen LogP contribution >= 0.6 is 12.6 Å². The van der Waals surface area contributed by atoms with Gasteiger partial charge in [-0.3, -0.25) is 4.79 Å². The van der Waals surface area contributed by atoms with Crippen molar-refractivity contribution >= 4 is 17.7 Å². The minimum Gasteiger partial charge on any atom is -0.497 e. The van der Waals surface area contributed by atoms with Crippen molar-refractivity contribution < 1.29 is 9.53 Å². The van der Waals surface area contributed by atoms with Gasteiger partial charge >= 0.3 is 0 Å². The van der Waals surface area contributed by atoms with Gasteiger partial charge in [0.25, 0.3) is 0 Å². The van der Waals surface area contributed by atoms with Crippen LogP contribution in [-0.4, -0.2) is 12.2 Å². The zero-order chi connectivity index (χ0) is 8.27. The van der Waals surface area contributed by atoms with E-state index in [0.717, 1.165) is 5.75 Å². The molecule has 0 aliphatic heterocycles. The maximum Gasteiger partial charge on any atom is 0.216 e. The van der Waals surface area contributed by atoms with Gasteiger partial charge in [0.15, 0.2) is 0 Å². The molecule has 1 aromatic rings. The molecule has 0 aliphatic carbocycles. The first-order valence-corrected chi connectivity index (χ1v) is 3.56. The minimum atomic E-state index is -0.229. The summed E-state index contributed by atoms with van der Waals surface area (Å²) in [5.41, 5.74) is 0.578. The van der Waals surface area contributed by atoms with Gasteiger partial charge in [0.2, 0.25) is 5.12 Å². The number of hydrogen-bond acceptors (Lipinski definition) is 2. The summed E-state index contributed by atoms with van der Waals surface area (Å²) in [5.74, 6) is 0.739. The normalized spacial score (nSPS) is 9.27. The average Bonchev–Trinajstić information content (AvgIpc) is 2.05. The maximum atomic E-state index is 10.7. The summed E-state index contributed by atoms with van der Waals surface area (Å²) in [6.45, 7) is 0. The van der Waals surface area contributed by atoms with Crippen LogP contribution < -0.4 is 4.74 Å². The smallest absolute Gasteiger partial charge is 0.216 e. The van der Waals surface area contributed by atoms with E-state index >= 15 is 0 Å². The topological polar surface area (TPSA) is 26.3 Å². The average molecular weight is 168 g/mol. The summed E-state index contributed by atoms with van der Waals surface area (Å²) in [7, 11) is 1.58. The lowest BCUT2D eigenvalue weighted by molar-refractivity contribution is 0.109. The first-order chi connectivity index (χ1) is 5.24. The van der Waals surface area contributed by atoms with Gasteiger partial charge in [0.1, 0.15) is 5.75 Å². The number of benzene rings is 1. The summed E-state index contributed by atoms with van der Waals surface area (Å²) in [6.07, 6.45) is 0. The predicted octanol–water partition coefficient (Wildman–Crippen LogP) is 1.77. The van der Waals surface area contributed by atoms with Crippen LogP contribution in [0.2, 0.25) is 0 Å². The highest BCUT2D eigenvalue weighted by Gasteiger charge is 1.98. The van der Waals surface area contributed by atoms with E-state index in [9.17, 15) is 4.79 Å². The quantitative estimate of drug-likeness (QED) is 0.681. The Kier molecular flexibility index (Phi) is 2.54. The monoisotopic (exact) mass is 168 g/mol. The number of carbonyl (C=O) groups excluding carboxylic acids is 1. The third-order valence-electron chi connectivity index (χ3n) is 1.34. The molecule has 0 atom stereocenters. The van der Waals surface area contributed by atoms with Gasteiger partial charge in [-0.25, -0.2) is 0 Å². The lowest BCUT2D eigenvalue weighted by Crippen LogP contribution is -1.88. The first-order valence-electron chi connectivity index (χ1n) is 3.11. The van der Waals surface area contributed by atoms with Crippen molar-refractivity contribution in [1.29, 1.82) is 0 Å². The van der Waals surface area contributed by atoms with E-state index in [4.69, 9.17) is 4.74 Å². The number of carbonyl (C=O) groups is 1. The SMILES string of the molecule is COc1ccc(C(=O)S)cc1. The zero-order valence-electron chi connectivity index (χ0n) is 6.07. The largest absolute Gasteiger partial charge is 0.497 e. The molecular formula is C8H8O2S. The highest BCUT2D eigenvalue weighted by Crippen LogP contribution is 2.12. The molecule has 0 amide bonds. The molecule has 58 valence electrons. The fraction of sp³-hybridized carbons (Fsp3) is 0.125. The van der Waals surface area contributed by atoms with Gasteiger partial charge in [-0.1, -0.05) is 0 Å². The molecule has 1 rings (SSSR count). The van der Waals surface area contributed by atoms with Gasteiger partial charge < -0.3 is 4.74 Å². The Morgan fingerprint density at radius 1 is 1.36 bits per heavy atom. The first kappa shape index (κ1) is 8.14. The summed E-state index contributed by atoms with van der Waals surface area (Å²) >= 11 is 3.67. The van der Waals surface area contributed by atoms with Crippen molar-refractivity contribution in [2.45, 2.75) is 0 Å². The molecule has 0 saturated carbocycles. The van der Waals surface area contributed by atoms with Crippen molar-refractivity contribution in [3.8, 4) is 5.75 Å². The number of ether oxygens (including phenoxy) is 1. The Morgan fingerprint density at radius 2 is 1.91 bits per heavy atom. The van der Waals surface area contributed by atoms with E-state index in [1.807, 2.05) is 0 Å². The Balaban J connectivity index is 2.91. The molecule has 3 heteroatoms. The molecule has 0 spiro atoms. The molecule has 2 nitrogen and oxygen atoms in total. The molecule has 0 radical (unpaired) electrons. The highest BCUT2D eigenvalue weighted by molar-refractivity contribution is 7.97. The van der Waals surface area contributed by atoms with Crippen molar-refractivity contribution in [2.75, 3.05) is 7.11 Å². The summed E-state index contributed by atoms with van der Waals surface area (Å²) in [6, 6.07) is 6.80. The minimum absolute atomic E-state index is 0.229. The van der Waals surface area contributed by atoms with Crippen LogP contribution in [0.4, 0.5) is 0 Å². The van der Waals surface area contributed by atoms with Gasteiger partial charge in [-0.05, 0) is 24.3 Å². The lowest BCUT2D eigenvalue weighted by Gasteiger charge is -1.98. The Morgan fingerprint density at radius 3 is 2.27 bits per heavy atom. The third-order valence-corrected chi connectivity index (χ3v) is 1.60. The van der Waals surface area contributed by atoms with Gasteiger partial charge in [-0.2, -0.15) is 0 Å². The van der Waals surface area contributed by atoms with Crippen molar-refractivity contribution in [2.24, 2.45) is 0 Å². The van der Waals surface area contributed by atoms with Gasteiger partial charge in [0.05, 0.1) is 7.11 Å². The van der Waals surface area contributed by atoms with E-state index in [2.05, 4.69) is 12.6 Å². The molecule has 0 heterocycles. The standard InChI is InChI=1S/C8H8O2S/c1-10-7-4-2-6(3-5-7)8(9)11/h2-5H,1H3,(H,9,11). The second-order valence-corrected chi connectivity index (χ2v) is 2.44. The lowest BCUT2D eigenvalue weighted by atomic mass is 10.2. The molecular weight excluding hydrogens is 160 g/mol. The van der Waals surface area contributed by atoms with Crippen LogP contribution in [-0.2, 0) is 0 Å². The molecule has 0 fully saturated rings. The number of thiol groups is 1. The van der Waals surface area contributed by atoms with E-state index in [1.54, 1.807) is 31.4 Å². The molecule has 0 aromatic heterocycles. The van der Waals surface area contributed by atoms with Crippen LogP contribution in [0.5, 0.6) is 5.75 Å².